The number of benzene rings is 4. The summed E-state index contributed by atoms with van der Waals surface area (Å²) in [6, 6.07) is 36.1. The van der Waals surface area contributed by atoms with Gasteiger partial charge in [0, 0.05) is 16.6 Å². The van der Waals surface area contributed by atoms with Gasteiger partial charge < -0.3 is 9.30 Å². The molecule has 1 aromatic heterocycles. The van der Waals surface area contributed by atoms with Crippen LogP contribution in [-0.4, -0.2) is 15.5 Å². The van der Waals surface area contributed by atoms with Gasteiger partial charge in [-0.25, -0.2) is 0 Å². The zero-order chi connectivity index (χ0) is 33.1. The van der Waals surface area contributed by atoms with Crippen molar-refractivity contribution in [2.24, 2.45) is 0 Å². The van der Waals surface area contributed by atoms with Crippen molar-refractivity contribution in [2.45, 2.75) is 103 Å². The summed E-state index contributed by atoms with van der Waals surface area (Å²) < 4.78 is 8.36. The van der Waals surface area contributed by atoms with Crippen molar-refractivity contribution >= 4 is 34.1 Å². The number of fused-ring (bicyclic) bond motifs is 3. The highest BCUT2D eigenvalue weighted by Gasteiger charge is 2.35. The quantitative estimate of drug-likeness (QED) is 0.0639. The molecule has 1 unspecified atom stereocenters. The predicted octanol–water partition coefficient (Wildman–Crippen LogP) is 11.1. The molecular weight excluding hydrogens is 607 g/mol. The number of hydrogen-bond acceptors (Lipinski definition) is 3. The third-order valence-electron chi connectivity index (χ3n) is 9.99. The summed E-state index contributed by atoms with van der Waals surface area (Å²) in [5, 5.41) is 1.22. The molecule has 4 heteroatoms. The molecule has 248 valence electrons. The number of unbranched alkanes of at least 4 members (excludes halogenated alkanes) is 5. The molecule has 0 saturated heterocycles. The molecule has 1 atom stereocenters. The SMILES string of the molecule is CCCCCCc1ccccc1C(=S)n1c2c(c3c(CCCCCc4ccccc4)cccc31)C(C(=O)OCc1ccccc1)CCC2. The van der Waals surface area contributed by atoms with Crippen molar-refractivity contribution in [1.82, 2.24) is 4.57 Å². The lowest BCUT2D eigenvalue weighted by Crippen LogP contribution is -2.23. The summed E-state index contributed by atoms with van der Waals surface area (Å²) in [6.45, 7) is 2.55. The van der Waals surface area contributed by atoms with Crippen LogP contribution in [0.3, 0.4) is 0 Å². The molecular formula is C44H49NO2S. The number of carbonyl (C=O) groups is 1. The highest BCUT2D eigenvalue weighted by atomic mass is 32.1. The topological polar surface area (TPSA) is 31.2 Å². The maximum Gasteiger partial charge on any atom is 0.313 e. The van der Waals surface area contributed by atoms with E-state index in [1.807, 2.05) is 30.3 Å². The van der Waals surface area contributed by atoms with Gasteiger partial charge in [-0.3, -0.25) is 4.79 Å². The number of aryl methyl sites for hydroxylation is 3. The van der Waals surface area contributed by atoms with Crippen LogP contribution in [0.1, 0.15) is 110 Å². The van der Waals surface area contributed by atoms with Crippen molar-refractivity contribution in [3.8, 4) is 0 Å². The smallest absolute Gasteiger partial charge is 0.313 e. The van der Waals surface area contributed by atoms with Crippen LogP contribution < -0.4 is 0 Å². The molecule has 5 aromatic rings. The number of esters is 1. The molecule has 1 aliphatic rings. The minimum atomic E-state index is -0.299. The molecule has 0 amide bonds. The third kappa shape index (κ3) is 7.98. The Morgan fingerprint density at radius 1 is 0.729 bits per heavy atom. The number of carbonyl (C=O) groups excluding carboxylic acids is 1. The molecule has 48 heavy (non-hydrogen) atoms. The number of ether oxygens (including phenoxy) is 1. The molecule has 0 saturated carbocycles. The number of thiocarbonyl (C=S) groups is 1. The Morgan fingerprint density at radius 3 is 2.15 bits per heavy atom. The van der Waals surface area contributed by atoms with Crippen LogP contribution in [0.2, 0.25) is 0 Å². The van der Waals surface area contributed by atoms with Crippen LogP contribution in [-0.2, 0) is 41.8 Å². The van der Waals surface area contributed by atoms with Gasteiger partial charge in [0.25, 0.3) is 0 Å². The summed E-state index contributed by atoms with van der Waals surface area (Å²) in [5.74, 6) is -0.425. The summed E-state index contributed by atoms with van der Waals surface area (Å²) in [6.07, 6.45) is 14.1. The Labute approximate surface area is 292 Å². The summed E-state index contributed by atoms with van der Waals surface area (Å²) in [4.78, 5) is 14.8. The monoisotopic (exact) mass is 655 g/mol. The van der Waals surface area contributed by atoms with Gasteiger partial charge in [0.2, 0.25) is 0 Å². The first-order valence-electron chi connectivity index (χ1n) is 18.2. The van der Waals surface area contributed by atoms with E-state index in [0.29, 0.717) is 6.61 Å². The van der Waals surface area contributed by atoms with E-state index in [-0.39, 0.29) is 11.9 Å². The zero-order valence-corrected chi connectivity index (χ0v) is 29.3. The van der Waals surface area contributed by atoms with Gasteiger partial charge in [0.05, 0.1) is 11.4 Å². The van der Waals surface area contributed by atoms with Gasteiger partial charge in [-0.15, -0.1) is 0 Å². The van der Waals surface area contributed by atoms with Crippen LogP contribution in [0.4, 0.5) is 0 Å². The molecule has 6 rings (SSSR count). The van der Waals surface area contributed by atoms with Crippen molar-refractivity contribution in [3.05, 3.63) is 142 Å². The first kappa shape index (κ1) is 33.9. The molecule has 0 bridgehead atoms. The fraction of sp³-hybridized carbons (Fsp3) is 0.364. The lowest BCUT2D eigenvalue weighted by Gasteiger charge is -2.24. The van der Waals surface area contributed by atoms with Gasteiger partial charge in [-0.2, -0.15) is 0 Å². The van der Waals surface area contributed by atoms with Crippen LogP contribution in [0.25, 0.3) is 10.9 Å². The first-order valence-corrected chi connectivity index (χ1v) is 18.6. The number of nitrogens with zero attached hydrogens (tertiary/aromatic N) is 1. The molecule has 4 aromatic carbocycles. The summed E-state index contributed by atoms with van der Waals surface area (Å²) >= 11 is 6.42. The van der Waals surface area contributed by atoms with Crippen molar-refractivity contribution < 1.29 is 9.53 Å². The third-order valence-corrected chi connectivity index (χ3v) is 10.4. The average molecular weight is 656 g/mol. The largest absolute Gasteiger partial charge is 0.460 e. The molecule has 0 aliphatic heterocycles. The molecule has 0 fully saturated rings. The Bertz CT molecular complexity index is 1810. The lowest BCUT2D eigenvalue weighted by atomic mass is 9.83. The second kappa shape index (κ2) is 16.9. The van der Waals surface area contributed by atoms with E-state index >= 15 is 0 Å². The van der Waals surface area contributed by atoms with Gasteiger partial charge in [-0.05, 0) is 91.7 Å². The standard InChI is InChI=1S/C44H49NO2S/c1-2-3-4-13-24-35-25-15-16-28-37(35)43(48)45-39-30-17-27-36(26-14-7-10-21-33-19-8-5-9-20-33)41(39)42-38(29-18-31-40(42)45)44(46)47-32-34-22-11-6-12-23-34/h5-6,8-9,11-12,15-17,19-20,22-23,25,27-28,30,38H,2-4,7,10,13-14,18,21,24,26,29,31-32H2,1H3. The van der Waals surface area contributed by atoms with Gasteiger partial charge >= 0.3 is 5.97 Å². The highest BCUT2D eigenvalue weighted by Crippen LogP contribution is 2.42. The van der Waals surface area contributed by atoms with Crippen LogP contribution in [0.5, 0.6) is 0 Å². The van der Waals surface area contributed by atoms with E-state index in [0.717, 1.165) is 72.1 Å². The summed E-state index contributed by atoms with van der Waals surface area (Å²) in [5.41, 5.74) is 9.68. The maximum atomic E-state index is 13.9. The van der Waals surface area contributed by atoms with E-state index in [4.69, 9.17) is 17.0 Å². The Kier molecular flexibility index (Phi) is 11.9. The molecule has 0 N–H and O–H groups in total. The Hall–Kier alpha value is -4.02. The van der Waals surface area contributed by atoms with E-state index < -0.39 is 0 Å². The second-order valence-corrected chi connectivity index (χ2v) is 13.8. The minimum Gasteiger partial charge on any atom is -0.460 e. The molecule has 1 heterocycles. The molecule has 0 spiro atoms. The fourth-order valence-electron chi connectivity index (χ4n) is 7.51. The van der Waals surface area contributed by atoms with E-state index in [9.17, 15) is 4.79 Å². The molecule has 0 radical (unpaired) electrons. The highest BCUT2D eigenvalue weighted by molar-refractivity contribution is 7.80. The minimum absolute atomic E-state index is 0.126. The zero-order valence-electron chi connectivity index (χ0n) is 28.5. The van der Waals surface area contributed by atoms with Gasteiger partial charge in [0.15, 0.2) is 0 Å². The fourth-order valence-corrected chi connectivity index (χ4v) is 7.92. The lowest BCUT2D eigenvalue weighted by molar-refractivity contribution is -0.147. The molecule has 3 nitrogen and oxygen atoms in total. The number of hydrogen-bond donors (Lipinski definition) is 0. The maximum absolute atomic E-state index is 13.9. The average Bonchev–Trinajstić information content (AvgIpc) is 3.48. The van der Waals surface area contributed by atoms with Gasteiger partial charge in [0.1, 0.15) is 11.6 Å². The Morgan fingerprint density at radius 2 is 1.38 bits per heavy atom. The first-order chi connectivity index (χ1) is 23.7. The van der Waals surface area contributed by atoms with Crippen LogP contribution in [0.15, 0.2) is 103 Å². The normalized spacial score (nSPS) is 14.1. The Balaban J connectivity index is 1.33. The van der Waals surface area contributed by atoms with Crippen molar-refractivity contribution in [2.75, 3.05) is 0 Å². The summed E-state index contributed by atoms with van der Waals surface area (Å²) in [7, 11) is 0. The predicted molar refractivity (Wildman–Crippen MR) is 203 cm³/mol. The second-order valence-electron chi connectivity index (χ2n) is 13.4. The number of rotatable bonds is 15. The van der Waals surface area contributed by atoms with E-state index in [1.165, 1.54) is 66.3 Å². The van der Waals surface area contributed by atoms with E-state index in [2.05, 4.69) is 84.3 Å². The number of aromatic nitrogens is 1. The van der Waals surface area contributed by atoms with Crippen molar-refractivity contribution in [3.63, 3.8) is 0 Å². The van der Waals surface area contributed by atoms with E-state index in [1.54, 1.807) is 0 Å². The molecule has 1 aliphatic carbocycles. The van der Waals surface area contributed by atoms with Crippen LogP contribution >= 0.6 is 12.2 Å². The van der Waals surface area contributed by atoms with Crippen LogP contribution in [0, 0.1) is 0 Å². The van der Waals surface area contributed by atoms with Crippen molar-refractivity contribution in [1.29, 1.82) is 0 Å². The van der Waals surface area contributed by atoms with Gasteiger partial charge in [-0.1, -0.05) is 142 Å².